The number of nitrogens with zero attached hydrogens (tertiary/aromatic N) is 2. The summed E-state index contributed by atoms with van der Waals surface area (Å²) < 4.78 is 5.55. The van der Waals surface area contributed by atoms with Crippen LogP contribution in [0.25, 0.3) is 11.5 Å². The van der Waals surface area contributed by atoms with Gasteiger partial charge in [0, 0.05) is 11.1 Å². The van der Waals surface area contributed by atoms with E-state index in [9.17, 15) is 4.79 Å². The number of carbonyl (C=O) groups excluding carboxylic acids is 1. The van der Waals surface area contributed by atoms with Crippen molar-refractivity contribution in [1.29, 1.82) is 0 Å². The Bertz CT molecular complexity index is 876. The second-order valence-corrected chi connectivity index (χ2v) is 5.99. The summed E-state index contributed by atoms with van der Waals surface area (Å²) in [6.07, 6.45) is 0. The first-order valence-electron chi connectivity index (χ1n) is 7.15. The molecule has 0 unspecified atom stereocenters. The number of hydrogen-bond donors (Lipinski definition) is 1. The Morgan fingerprint density at radius 3 is 2.54 bits per heavy atom. The highest BCUT2D eigenvalue weighted by Gasteiger charge is 2.11. The Kier molecular flexibility index (Phi) is 4.83. The van der Waals surface area contributed by atoms with E-state index in [-0.39, 0.29) is 12.5 Å². The Morgan fingerprint density at radius 1 is 1.08 bits per heavy atom. The van der Waals surface area contributed by atoms with Crippen LogP contribution in [-0.4, -0.2) is 16.1 Å². The Balaban J connectivity index is 1.65. The second-order valence-electron chi connectivity index (χ2n) is 5.18. The molecular weight excluding hydrogens is 349 g/mol. The summed E-state index contributed by atoms with van der Waals surface area (Å²) in [5.74, 6) is 0.427. The van der Waals surface area contributed by atoms with Crippen LogP contribution >= 0.6 is 23.2 Å². The largest absolute Gasteiger partial charge is 0.419 e. The quantitative estimate of drug-likeness (QED) is 0.752. The van der Waals surface area contributed by atoms with Gasteiger partial charge in [0.1, 0.15) is 0 Å². The van der Waals surface area contributed by atoms with E-state index in [4.69, 9.17) is 27.6 Å². The number of rotatable bonds is 4. The van der Waals surface area contributed by atoms with Crippen LogP contribution in [0.3, 0.4) is 0 Å². The van der Waals surface area contributed by atoms with Gasteiger partial charge in [0.2, 0.25) is 11.8 Å². The number of aromatic nitrogens is 2. The molecule has 24 heavy (non-hydrogen) atoms. The van der Waals surface area contributed by atoms with Crippen molar-refractivity contribution in [1.82, 2.24) is 15.5 Å². The van der Waals surface area contributed by atoms with Crippen LogP contribution < -0.4 is 5.32 Å². The van der Waals surface area contributed by atoms with Gasteiger partial charge in [-0.15, -0.1) is 10.2 Å². The molecule has 0 spiro atoms. The standard InChI is InChI=1S/C17H13Cl2N3O2/c1-10-2-4-11(5-3-10)17-22-21-15(24-17)9-20-16(23)12-6-7-13(18)14(19)8-12/h2-8H,9H2,1H3,(H,20,23). The minimum atomic E-state index is -0.302. The number of hydrogen-bond acceptors (Lipinski definition) is 4. The average Bonchev–Trinajstić information content (AvgIpc) is 3.05. The van der Waals surface area contributed by atoms with Gasteiger partial charge in [0.25, 0.3) is 5.91 Å². The van der Waals surface area contributed by atoms with Crippen molar-refractivity contribution in [3.63, 3.8) is 0 Å². The lowest BCUT2D eigenvalue weighted by atomic mass is 10.1. The lowest BCUT2D eigenvalue weighted by molar-refractivity contribution is 0.0947. The maximum absolute atomic E-state index is 12.1. The highest BCUT2D eigenvalue weighted by Crippen LogP contribution is 2.22. The lowest BCUT2D eigenvalue weighted by Gasteiger charge is -2.03. The number of halogens is 2. The number of aryl methyl sites for hydroxylation is 1. The van der Waals surface area contributed by atoms with Gasteiger partial charge < -0.3 is 9.73 Å². The fourth-order valence-electron chi connectivity index (χ4n) is 2.03. The molecule has 0 aliphatic heterocycles. The molecule has 0 radical (unpaired) electrons. The highest BCUT2D eigenvalue weighted by atomic mass is 35.5. The fourth-order valence-corrected chi connectivity index (χ4v) is 2.33. The molecule has 0 atom stereocenters. The summed E-state index contributed by atoms with van der Waals surface area (Å²) in [5.41, 5.74) is 2.38. The van der Waals surface area contributed by atoms with Crippen molar-refractivity contribution < 1.29 is 9.21 Å². The van der Waals surface area contributed by atoms with Crippen LogP contribution in [0.1, 0.15) is 21.8 Å². The fraction of sp³-hybridized carbons (Fsp3) is 0.118. The van der Waals surface area contributed by atoms with Gasteiger partial charge in [-0.2, -0.15) is 0 Å². The molecule has 1 aromatic heterocycles. The van der Waals surface area contributed by atoms with Gasteiger partial charge in [0.15, 0.2) is 0 Å². The SMILES string of the molecule is Cc1ccc(-c2nnc(CNC(=O)c3ccc(Cl)c(Cl)c3)o2)cc1. The van der Waals surface area contributed by atoms with Crippen molar-refractivity contribution in [3.8, 4) is 11.5 Å². The topological polar surface area (TPSA) is 68.0 Å². The Labute approximate surface area is 148 Å². The minimum Gasteiger partial charge on any atom is -0.419 e. The normalized spacial score (nSPS) is 10.6. The maximum Gasteiger partial charge on any atom is 0.251 e. The summed E-state index contributed by atoms with van der Waals surface area (Å²) in [7, 11) is 0. The first kappa shape index (κ1) is 16.5. The van der Waals surface area contributed by atoms with Crippen LogP contribution in [0.15, 0.2) is 46.9 Å². The molecule has 1 amide bonds. The smallest absolute Gasteiger partial charge is 0.251 e. The van der Waals surface area contributed by atoms with Gasteiger partial charge in [-0.3, -0.25) is 4.79 Å². The van der Waals surface area contributed by atoms with E-state index >= 15 is 0 Å². The molecule has 0 aliphatic carbocycles. The third-order valence-corrected chi connectivity index (χ3v) is 4.09. The van der Waals surface area contributed by atoms with Gasteiger partial charge in [-0.25, -0.2) is 0 Å². The van der Waals surface area contributed by atoms with Gasteiger partial charge in [0.05, 0.1) is 16.6 Å². The molecule has 1 N–H and O–H groups in total. The van der Waals surface area contributed by atoms with Crippen LogP contribution in [0, 0.1) is 6.92 Å². The van der Waals surface area contributed by atoms with Gasteiger partial charge in [-0.05, 0) is 37.3 Å². The van der Waals surface area contributed by atoms with E-state index in [0.29, 0.717) is 27.4 Å². The van der Waals surface area contributed by atoms with Crippen LogP contribution in [0.2, 0.25) is 10.0 Å². The zero-order chi connectivity index (χ0) is 17.1. The Morgan fingerprint density at radius 2 is 1.83 bits per heavy atom. The molecule has 1 heterocycles. The minimum absolute atomic E-state index is 0.123. The summed E-state index contributed by atoms with van der Waals surface area (Å²) in [4.78, 5) is 12.1. The number of nitrogens with one attached hydrogen (secondary N) is 1. The molecule has 0 fully saturated rings. The molecule has 2 aromatic carbocycles. The molecular formula is C17H13Cl2N3O2. The summed E-state index contributed by atoms with van der Waals surface area (Å²) in [6.45, 7) is 2.12. The van der Waals surface area contributed by atoms with Crippen molar-refractivity contribution in [3.05, 3.63) is 69.5 Å². The molecule has 0 saturated carbocycles. The number of carbonyl (C=O) groups is 1. The maximum atomic E-state index is 12.1. The highest BCUT2D eigenvalue weighted by molar-refractivity contribution is 6.42. The molecule has 122 valence electrons. The third-order valence-electron chi connectivity index (χ3n) is 3.35. The Hall–Kier alpha value is -2.37. The predicted octanol–water partition coefficient (Wildman–Crippen LogP) is 4.28. The van der Waals surface area contributed by atoms with E-state index in [0.717, 1.165) is 11.1 Å². The van der Waals surface area contributed by atoms with E-state index in [2.05, 4.69) is 15.5 Å². The number of amides is 1. The predicted molar refractivity (Wildman–Crippen MR) is 92.1 cm³/mol. The summed E-state index contributed by atoms with van der Waals surface area (Å²) in [5, 5.41) is 11.3. The van der Waals surface area contributed by atoms with Crippen molar-refractivity contribution in [2.45, 2.75) is 13.5 Å². The lowest BCUT2D eigenvalue weighted by Crippen LogP contribution is -2.22. The van der Waals surface area contributed by atoms with Crippen LogP contribution in [0.4, 0.5) is 0 Å². The second kappa shape index (κ2) is 7.03. The van der Waals surface area contributed by atoms with Crippen LogP contribution in [0.5, 0.6) is 0 Å². The van der Waals surface area contributed by atoms with Gasteiger partial charge >= 0.3 is 0 Å². The van der Waals surface area contributed by atoms with Crippen molar-refractivity contribution in [2.24, 2.45) is 0 Å². The molecule has 0 saturated heterocycles. The zero-order valence-electron chi connectivity index (χ0n) is 12.7. The molecule has 0 bridgehead atoms. The average molecular weight is 362 g/mol. The van der Waals surface area contributed by atoms with Crippen molar-refractivity contribution in [2.75, 3.05) is 0 Å². The summed E-state index contributed by atoms with van der Waals surface area (Å²) in [6, 6.07) is 12.4. The zero-order valence-corrected chi connectivity index (χ0v) is 14.2. The third kappa shape index (κ3) is 3.75. The molecule has 3 rings (SSSR count). The van der Waals surface area contributed by atoms with E-state index < -0.39 is 0 Å². The van der Waals surface area contributed by atoms with E-state index in [1.54, 1.807) is 12.1 Å². The first-order chi connectivity index (χ1) is 11.5. The van der Waals surface area contributed by atoms with E-state index in [1.165, 1.54) is 6.07 Å². The van der Waals surface area contributed by atoms with Crippen molar-refractivity contribution >= 4 is 29.1 Å². The molecule has 3 aromatic rings. The number of benzene rings is 2. The van der Waals surface area contributed by atoms with Gasteiger partial charge in [-0.1, -0.05) is 40.9 Å². The monoisotopic (exact) mass is 361 g/mol. The first-order valence-corrected chi connectivity index (χ1v) is 7.91. The molecule has 7 heteroatoms. The summed E-state index contributed by atoms with van der Waals surface area (Å²) >= 11 is 11.7. The van der Waals surface area contributed by atoms with Crippen LogP contribution in [-0.2, 0) is 6.54 Å². The molecule has 5 nitrogen and oxygen atoms in total. The molecule has 0 aliphatic rings. The van der Waals surface area contributed by atoms with E-state index in [1.807, 2.05) is 31.2 Å².